The number of halogens is 2. The van der Waals surface area contributed by atoms with E-state index in [1.165, 1.54) is 17.0 Å². The van der Waals surface area contributed by atoms with Crippen LogP contribution in [-0.2, 0) is 9.59 Å². The summed E-state index contributed by atoms with van der Waals surface area (Å²) in [4.78, 5) is 24.8. The van der Waals surface area contributed by atoms with Crippen LogP contribution in [0, 0.1) is 11.6 Å². The molecule has 1 saturated heterocycles. The summed E-state index contributed by atoms with van der Waals surface area (Å²) in [6.07, 6.45) is 1.42. The number of rotatable bonds is 5. The molecule has 0 unspecified atom stereocenters. The fourth-order valence-electron chi connectivity index (χ4n) is 2.57. The Balaban J connectivity index is 1.86. The first-order valence-corrected chi connectivity index (χ1v) is 9.10. The fraction of sp³-hybridized carbons (Fsp3) is 0.105. The lowest BCUT2D eigenvalue weighted by atomic mass is 10.0. The highest BCUT2D eigenvalue weighted by Crippen LogP contribution is 2.33. The predicted molar refractivity (Wildman–Crippen MR) is 104 cm³/mol. The zero-order valence-corrected chi connectivity index (χ0v) is 15.4. The highest BCUT2D eigenvalue weighted by molar-refractivity contribution is 8.26. The van der Waals surface area contributed by atoms with E-state index in [0.717, 1.165) is 17.8 Å². The second-order valence-corrected chi connectivity index (χ2v) is 7.40. The van der Waals surface area contributed by atoms with Gasteiger partial charge in [0.2, 0.25) is 0 Å². The first kappa shape index (κ1) is 19.2. The molecule has 8 heteroatoms. The molecule has 138 valence electrons. The maximum absolute atomic E-state index is 14.0. The molecule has 1 aliphatic heterocycles. The molecule has 0 aliphatic carbocycles. The average molecular weight is 405 g/mol. The molecule has 0 aromatic heterocycles. The van der Waals surface area contributed by atoms with Crippen LogP contribution >= 0.6 is 24.0 Å². The average Bonchev–Trinajstić information content (AvgIpc) is 2.86. The van der Waals surface area contributed by atoms with Gasteiger partial charge in [-0.1, -0.05) is 42.2 Å². The number of carboxylic acids is 1. The van der Waals surface area contributed by atoms with E-state index in [-0.39, 0.29) is 24.4 Å². The van der Waals surface area contributed by atoms with Gasteiger partial charge in [0, 0.05) is 18.2 Å². The van der Waals surface area contributed by atoms with Crippen molar-refractivity contribution in [2.45, 2.75) is 6.42 Å². The summed E-state index contributed by atoms with van der Waals surface area (Å²) < 4.78 is 27.4. The summed E-state index contributed by atoms with van der Waals surface area (Å²) in [5.41, 5.74) is 1.44. The van der Waals surface area contributed by atoms with Crippen molar-refractivity contribution in [3.8, 4) is 11.1 Å². The van der Waals surface area contributed by atoms with E-state index in [0.29, 0.717) is 20.4 Å². The van der Waals surface area contributed by atoms with E-state index in [2.05, 4.69) is 0 Å². The molecule has 2 aromatic carbocycles. The molecule has 1 fully saturated rings. The molecule has 3 rings (SSSR count). The van der Waals surface area contributed by atoms with Crippen LogP contribution < -0.4 is 0 Å². The standard InChI is InChI=1S/C19H13F2NO3S2/c20-13-4-5-14(15(21)10-13)12-3-1-2-11(8-12)9-16-18(25)22(19(26)27-16)7-6-17(23)24/h1-5,8-10H,6-7H2,(H,23,24)/b16-9-. The van der Waals surface area contributed by atoms with Gasteiger partial charge in [0.05, 0.1) is 11.3 Å². The van der Waals surface area contributed by atoms with Crippen molar-refractivity contribution in [3.05, 3.63) is 64.6 Å². The van der Waals surface area contributed by atoms with E-state index in [1.807, 2.05) is 0 Å². The molecule has 0 bridgehead atoms. The van der Waals surface area contributed by atoms with Crippen LogP contribution in [0.2, 0.25) is 0 Å². The van der Waals surface area contributed by atoms with Crippen LogP contribution in [0.15, 0.2) is 47.4 Å². The molecule has 1 N–H and O–H groups in total. The van der Waals surface area contributed by atoms with E-state index >= 15 is 0 Å². The van der Waals surface area contributed by atoms with E-state index in [1.54, 1.807) is 30.3 Å². The first-order chi connectivity index (χ1) is 12.8. The van der Waals surface area contributed by atoms with E-state index in [4.69, 9.17) is 17.3 Å². The Kier molecular flexibility index (Phi) is 5.67. The van der Waals surface area contributed by atoms with Crippen molar-refractivity contribution in [1.29, 1.82) is 0 Å². The van der Waals surface area contributed by atoms with Crippen molar-refractivity contribution < 1.29 is 23.5 Å². The van der Waals surface area contributed by atoms with Crippen LogP contribution in [0.4, 0.5) is 8.78 Å². The molecular weight excluding hydrogens is 392 g/mol. The number of carbonyl (C=O) groups excluding carboxylic acids is 1. The normalized spacial score (nSPS) is 15.6. The molecule has 0 radical (unpaired) electrons. The van der Waals surface area contributed by atoms with Gasteiger partial charge in [-0.15, -0.1) is 0 Å². The Morgan fingerprint density at radius 1 is 1.22 bits per heavy atom. The summed E-state index contributed by atoms with van der Waals surface area (Å²) >= 11 is 6.23. The minimum atomic E-state index is -1.01. The molecule has 0 spiro atoms. The van der Waals surface area contributed by atoms with Gasteiger partial charge < -0.3 is 5.11 Å². The smallest absolute Gasteiger partial charge is 0.305 e. The van der Waals surface area contributed by atoms with Gasteiger partial charge >= 0.3 is 5.97 Å². The highest BCUT2D eigenvalue weighted by Gasteiger charge is 2.32. The lowest BCUT2D eigenvalue weighted by Gasteiger charge is -2.12. The summed E-state index contributed by atoms with van der Waals surface area (Å²) in [5, 5.41) is 8.77. The minimum absolute atomic E-state index is 0.0121. The number of nitrogens with zero attached hydrogens (tertiary/aromatic N) is 1. The van der Waals surface area contributed by atoms with E-state index < -0.39 is 17.6 Å². The Bertz CT molecular complexity index is 975. The van der Waals surface area contributed by atoms with Gasteiger partial charge in [-0.3, -0.25) is 14.5 Å². The van der Waals surface area contributed by atoms with Gasteiger partial charge in [0.1, 0.15) is 16.0 Å². The number of hydrogen-bond acceptors (Lipinski definition) is 4. The Morgan fingerprint density at radius 2 is 2.00 bits per heavy atom. The first-order valence-electron chi connectivity index (χ1n) is 7.88. The van der Waals surface area contributed by atoms with Crippen molar-refractivity contribution in [2.75, 3.05) is 6.54 Å². The Morgan fingerprint density at radius 3 is 2.70 bits per heavy atom. The highest BCUT2D eigenvalue weighted by atomic mass is 32.2. The SMILES string of the molecule is O=C(O)CCN1C(=O)/C(=C/c2cccc(-c3ccc(F)cc3F)c2)SC1=S. The second kappa shape index (κ2) is 7.98. The number of amides is 1. The predicted octanol–water partition coefficient (Wildman–Crippen LogP) is 4.31. The van der Waals surface area contributed by atoms with Gasteiger partial charge in [-0.2, -0.15) is 0 Å². The second-order valence-electron chi connectivity index (χ2n) is 5.73. The molecule has 1 heterocycles. The number of benzene rings is 2. The summed E-state index contributed by atoms with van der Waals surface area (Å²) in [5.74, 6) is -2.70. The van der Waals surface area contributed by atoms with Crippen LogP contribution in [0.3, 0.4) is 0 Å². The largest absolute Gasteiger partial charge is 0.481 e. The number of carbonyl (C=O) groups is 2. The number of thioether (sulfide) groups is 1. The zero-order valence-electron chi connectivity index (χ0n) is 13.8. The van der Waals surface area contributed by atoms with Crippen LogP contribution in [0.5, 0.6) is 0 Å². The topological polar surface area (TPSA) is 57.6 Å². The summed E-state index contributed by atoms with van der Waals surface area (Å²) in [6, 6.07) is 10.2. The van der Waals surface area contributed by atoms with Gasteiger partial charge in [0.15, 0.2) is 0 Å². The third-order valence-corrected chi connectivity index (χ3v) is 5.23. The quantitative estimate of drug-likeness (QED) is 0.594. The van der Waals surface area contributed by atoms with E-state index in [9.17, 15) is 18.4 Å². The maximum Gasteiger partial charge on any atom is 0.305 e. The molecule has 0 saturated carbocycles. The van der Waals surface area contributed by atoms with Crippen molar-refractivity contribution in [3.63, 3.8) is 0 Å². The Hall–Kier alpha value is -2.58. The van der Waals surface area contributed by atoms with Crippen molar-refractivity contribution in [1.82, 2.24) is 4.90 Å². The number of carboxylic acid groups (broad SMARTS) is 1. The van der Waals surface area contributed by atoms with Crippen LogP contribution in [-0.4, -0.2) is 32.7 Å². The molecule has 27 heavy (non-hydrogen) atoms. The molecular formula is C19H13F2NO3S2. The maximum atomic E-state index is 14.0. The molecule has 1 amide bonds. The van der Waals surface area contributed by atoms with Crippen molar-refractivity contribution in [2.24, 2.45) is 0 Å². The van der Waals surface area contributed by atoms with Crippen LogP contribution in [0.1, 0.15) is 12.0 Å². The third kappa shape index (κ3) is 4.40. The lowest BCUT2D eigenvalue weighted by Crippen LogP contribution is -2.30. The lowest BCUT2D eigenvalue weighted by molar-refractivity contribution is -0.137. The molecule has 0 atom stereocenters. The fourth-order valence-corrected chi connectivity index (χ4v) is 3.88. The van der Waals surface area contributed by atoms with Crippen LogP contribution in [0.25, 0.3) is 17.2 Å². The number of aliphatic carboxylic acids is 1. The number of thiocarbonyl (C=S) groups is 1. The van der Waals surface area contributed by atoms with Crippen molar-refractivity contribution >= 4 is 46.3 Å². The zero-order chi connectivity index (χ0) is 19.6. The minimum Gasteiger partial charge on any atom is -0.481 e. The molecule has 4 nitrogen and oxygen atoms in total. The monoisotopic (exact) mass is 405 g/mol. The summed E-state index contributed by atoms with van der Waals surface area (Å²) in [6.45, 7) is 0.0121. The molecule has 2 aromatic rings. The number of hydrogen-bond donors (Lipinski definition) is 1. The molecule has 1 aliphatic rings. The Labute approximate surface area is 163 Å². The van der Waals surface area contributed by atoms with Gasteiger partial charge in [0.25, 0.3) is 5.91 Å². The van der Waals surface area contributed by atoms with Gasteiger partial charge in [-0.25, -0.2) is 8.78 Å². The summed E-state index contributed by atoms with van der Waals surface area (Å²) in [7, 11) is 0. The third-order valence-electron chi connectivity index (χ3n) is 3.85. The van der Waals surface area contributed by atoms with Gasteiger partial charge in [-0.05, 0) is 35.4 Å².